The predicted octanol–water partition coefficient (Wildman–Crippen LogP) is 2.43. The summed E-state index contributed by atoms with van der Waals surface area (Å²) in [5.41, 5.74) is 1.93. The minimum Gasteiger partial charge on any atom is -0.378 e. The lowest BCUT2D eigenvalue weighted by Gasteiger charge is -2.26. The van der Waals surface area contributed by atoms with Crippen molar-refractivity contribution in [2.75, 3.05) is 25.1 Å². The van der Waals surface area contributed by atoms with Gasteiger partial charge in [0.05, 0.1) is 12.3 Å². The summed E-state index contributed by atoms with van der Waals surface area (Å²) >= 11 is 0. The Bertz CT molecular complexity index is 574. The highest BCUT2D eigenvalue weighted by atomic mass is 16.5. The third kappa shape index (κ3) is 2.77. The Kier molecular flexibility index (Phi) is 3.87. The summed E-state index contributed by atoms with van der Waals surface area (Å²) in [6.07, 6.45) is 6.99. The quantitative estimate of drug-likeness (QED) is 0.859. The molecule has 3 heterocycles. The third-order valence-corrected chi connectivity index (χ3v) is 3.92. The van der Waals surface area contributed by atoms with E-state index in [0.29, 0.717) is 6.10 Å². The highest BCUT2D eigenvalue weighted by Gasteiger charge is 2.15. The molecule has 0 bridgehead atoms. The topological polar surface area (TPSA) is 42.7 Å². The van der Waals surface area contributed by atoms with Gasteiger partial charge < -0.3 is 9.64 Å². The molecule has 3 rings (SSSR count). The number of hydrogen-bond acceptors (Lipinski definition) is 4. The van der Waals surface area contributed by atoms with Crippen molar-refractivity contribution in [2.24, 2.45) is 0 Å². The molecule has 0 radical (unpaired) electrons. The summed E-state index contributed by atoms with van der Waals surface area (Å²) in [6, 6.07) is 4.02. The minimum absolute atomic E-state index is 0.419. The zero-order valence-corrected chi connectivity index (χ0v) is 12.2. The molecule has 0 amide bonds. The van der Waals surface area contributed by atoms with Crippen molar-refractivity contribution in [3.63, 3.8) is 0 Å². The van der Waals surface area contributed by atoms with Gasteiger partial charge in [-0.15, -0.1) is 0 Å². The summed E-state index contributed by atoms with van der Waals surface area (Å²) in [6.45, 7) is 3.92. The van der Waals surface area contributed by atoms with Crippen LogP contribution in [-0.2, 0) is 4.74 Å². The van der Waals surface area contributed by atoms with Crippen LogP contribution < -0.4 is 4.90 Å². The average Bonchev–Trinajstić information content (AvgIpc) is 2.93. The van der Waals surface area contributed by atoms with Crippen molar-refractivity contribution < 1.29 is 4.74 Å². The van der Waals surface area contributed by atoms with Crippen molar-refractivity contribution in [1.82, 2.24) is 14.6 Å². The maximum Gasteiger partial charge on any atom is 0.157 e. The second-order valence-corrected chi connectivity index (χ2v) is 5.56. The van der Waals surface area contributed by atoms with E-state index in [0.717, 1.165) is 36.7 Å². The van der Waals surface area contributed by atoms with Gasteiger partial charge in [0.15, 0.2) is 5.65 Å². The van der Waals surface area contributed by atoms with E-state index in [2.05, 4.69) is 28.1 Å². The van der Waals surface area contributed by atoms with Crippen LogP contribution in [0.25, 0.3) is 5.65 Å². The number of nitrogens with zero attached hydrogens (tertiary/aromatic N) is 4. The first-order chi connectivity index (χ1) is 9.74. The molecular formula is C15H22N4O. The van der Waals surface area contributed by atoms with Crippen molar-refractivity contribution in [3.05, 3.63) is 24.0 Å². The van der Waals surface area contributed by atoms with E-state index >= 15 is 0 Å². The number of rotatable bonds is 4. The van der Waals surface area contributed by atoms with E-state index in [9.17, 15) is 0 Å². The van der Waals surface area contributed by atoms with E-state index in [1.165, 1.54) is 19.3 Å². The fourth-order valence-corrected chi connectivity index (χ4v) is 2.78. The number of hydrogen-bond donors (Lipinski definition) is 0. The van der Waals surface area contributed by atoms with Gasteiger partial charge in [0.1, 0.15) is 5.82 Å². The maximum absolute atomic E-state index is 5.80. The van der Waals surface area contributed by atoms with Crippen molar-refractivity contribution in [1.29, 1.82) is 0 Å². The van der Waals surface area contributed by atoms with Gasteiger partial charge >= 0.3 is 0 Å². The van der Waals surface area contributed by atoms with E-state index < -0.39 is 0 Å². The molecule has 20 heavy (non-hydrogen) atoms. The lowest BCUT2D eigenvalue weighted by molar-refractivity contribution is 0.0126. The van der Waals surface area contributed by atoms with Gasteiger partial charge in [-0.3, -0.25) is 0 Å². The highest BCUT2D eigenvalue weighted by Crippen LogP contribution is 2.19. The molecule has 0 N–H and O–H groups in total. The van der Waals surface area contributed by atoms with Crippen LogP contribution >= 0.6 is 0 Å². The van der Waals surface area contributed by atoms with E-state index in [1.807, 2.05) is 17.5 Å². The molecule has 1 atom stereocenters. The van der Waals surface area contributed by atoms with Crippen molar-refractivity contribution in [2.45, 2.75) is 38.7 Å². The van der Waals surface area contributed by atoms with E-state index in [4.69, 9.17) is 4.74 Å². The molecule has 0 saturated carbocycles. The molecule has 2 aromatic rings. The first kappa shape index (κ1) is 13.4. The van der Waals surface area contributed by atoms with Crippen LogP contribution in [0.15, 0.2) is 18.3 Å². The summed E-state index contributed by atoms with van der Waals surface area (Å²) in [4.78, 5) is 6.72. The first-order valence-electron chi connectivity index (χ1n) is 7.38. The van der Waals surface area contributed by atoms with Gasteiger partial charge in [0, 0.05) is 38.0 Å². The zero-order valence-electron chi connectivity index (χ0n) is 12.2. The van der Waals surface area contributed by atoms with Gasteiger partial charge in [-0.25, -0.2) is 4.98 Å². The summed E-state index contributed by atoms with van der Waals surface area (Å²) in [5, 5.41) is 4.36. The number of ether oxygens (including phenoxy) is 1. The molecular weight excluding hydrogens is 252 g/mol. The fraction of sp³-hybridized carbons (Fsp3) is 0.600. The van der Waals surface area contributed by atoms with E-state index in [1.54, 1.807) is 6.20 Å². The van der Waals surface area contributed by atoms with E-state index in [-0.39, 0.29) is 0 Å². The van der Waals surface area contributed by atoms with Crippen LogP contribution in [0.5, 0.6) is 0 Å². The predicted molar refractivity (Wildman–Crippen MR) is 79.2 cm³/mol. The lowest BCUT2D eigenvalue weighted by atomic mass is 10.1. The molecule has 0 aliphatic carbocycles. The zero-order chi connectivity index (χ0) is 13.9. The smallest absolute Gasteiger partial charge is 0.157 e. The van der Waals surface area contributed by atoms with Crippen LogP contribution in [0, 0.1) is 6.92 Å². The number of fused-ring (bicyclic) bond motifs is 1. The molecule has 0 aromatic carbocycles. The second-order valence-electron chi connectivity index (χ2n) is 5.56. The molecule has 1 unspecified atom stereocenters. The standard InChI is InChI=1S/C15H22N4O/c1-12-11-15(19-14(17-12)6-8-16-19)18(2)9-7-13-5-3-4-10-20-13/h6,8,11,13H,3-5,7,9-10H2,1-2H3. The molecule has 108 valence electrons. The minimum atomic E-state index is 0.419. The molecule has 0 spiro atoms. The van der Waals surface area contributed by atoms with Gasteiger partial charge in [0.25, 0.3) is 0 Å². The van der Waals surface area contributed by atoms with Crippen molar-refractivity contribution in [3.8, 4) is 0 Å². The van der Waals surface area contributed by atoms with Gasteiger partial charge in [-0.05, 0) is 32.6 Å². The Hall–Kier alpha value is -1.62. The Morgan fingerprint density at radius 2 is 2.35 bits per heavy atom. The van der Waals surface area contributed by atoms with Crippen LogP contribution in [0.1, 0.15) is 31.4 Å². The highest BCUT2D eigenvalue weighted by molar-refractivity contribution is 5.50. The van der Waals surface area contributed by atoms with Crippen molar-refractivity contribution >= 4 is 11.5 Å². The number of aromatic nitrogens is 3. The Labute approximate surface area is 119 Å². The summed E-state index contributed by atoms with van der Waals surface area (Å²) < 4.78 is 7.70. The second kappa shape index (κ2) is 5.79. The maximum atomic E-state index is 5.80. The molecule has 5 heteroatoms. The number of aryl methyl sites for hydroxylation is 1. The largest absolute Gasteiger partial charge is 0.378 e. The van der Waals surface area contributed by atoms with Crippen LogP contribution in [0.3, 0.4) is 0 Å². The fourth-order valence-electron chi connectivity index (χ4n) is 2.78. The molecule has 1 fully saturated rings. The monoisotopic (exact) mass is 274 g/mol. The van der Waals surface area contributed by atoms with Crippen LogP contribution in [0.4, 0.5) is 5.82 Å². The molecule has 2 aromatic heterocycles. The van der Waals surface area contributed by atoms with Gasteiger partial charge in [-0.2, -0.15) is 9.61 Å². The Morgan fingerprint density at radius 3 is 3.15 bits per heavy atom. The SMILES string of the molecule is Cc1cc(N(C)CCC2CCCCO2)n2nccc2n1. The van der Waals surface area contributed by atoms with Crippen LogP contribution in [-0.4, -0.2) is 40.9 Å². The lowest BCUT2D eigenvalue weighted by Crippen LogP contribution is -2.28. The molecule has 1 aliphatic rings. The Morgan fingerprint density at radius 1 is 1.45 bits per heavy atom. The van der Waals surface area contributed by atoms with Gasteiger partial charge in [-0.1, -0.05) is 0 Å². The molecule has 5 nitrogen and oxygen atoms in total. The van der Waals surface area contributed by atoms with Gasteiger partial charge in [0.2, 0.25) is 0 Å². The molecule has 1 aliphatic heterocycles. The average molecular weight is 274 g/mol. The molecule has 1 saturated heterocycles. The Balaban J connectivity index is 1.71. The number of anilines is 1. The summed E-state index contributed by atoms with van der Waals surface area (Å²) in [7, 11) is 2.11. The van der Waals surface area contributed by atoms with Crippen LogP contribution in [0.2, 0.25) is 0 Å². The normalized spacial score (nSPS) is 19.4. The first-order valence-corrected chi connectivity index (χ1v) is 7.38. The third-order valence-electron chi connectivity index (χ3n) is 3.92. The summed E-state index contributed by atoms with van der Waals surface area (Å²) in [5.74, 6) is 1.09.